The number of nitrogens with two attached hydrogens (primary N) is 1. The van der Waals surface area contributed by atoms with Crippen LogP contribution in [0.1, 0.15) is 66.5 Å². The lowest BCUT2D eigenvalue weighted by Crippen LogP contribution is -1.95. The summed E-state index contributed by atoms with van der Waals surface area (Å²) in [7, 11) is 0. The Morgan fingerprint density at radius 2 is 1.12 bits per heavy atom. The van der Waals surface area contributed by atoms with Gasteiger partial charge >= 0.3 is 0 Å². The van der Waals surface area contributed by atoms with Crippen molar-refractivity contribution in [2.75, 3.05) is 0 Å². The van der Waals surface area contributed by atoms with Gasteiger partial charge in [-0.1, -0.05) is 115 Å². The van der Waals surface area contributed by atoms with Gasteiger partial charge in [-0.25, -0.2) is 0 Å². The van der Waals surface area contributed by atoms with Crippen LogP contribution in [-0.2, 0) is 6.42 Å². The normalized spacial score (nSPS) is 11.2. The lowest BCUT2D eigenvalue weighted by Gasteiger charge is -2.12. The van der Waals surface area contributed by atoms with E-state index in [-0.39, 0.29) is 0 Å². The van der Waals surface area contributed by atoms with Crippen LogP contribution in [0.15, 0.2) is 96.2 Å². The van der Waals surface area contributed by atoms with Crippen LogP contribution in [0.4, 0.5) is 0 Å². The molecule has 2 N–H and O–H groups in total. The van der Waals surface area contributed by atoms with E-state index in [9.17, 15) is 0 Å². The highest BCUT2D eigenvalue weighted by atomic mass is 14.5. The average molecular weight is 452 g/mol. The minimum atomic E-state index is 0.473. The molecule has 0 aliphatic heterocycles. The number of hydrogen-bond donors (Lipinski definition) is 1. The summed E-state index contributed by atoms with van der Waals surface area (Å²) in [6, 6.07) is 26.3. The first-order chi connectivity index (χ1) is 16.3. The molecule has 0 saturated heterocycles. The third-order valence-corrected chi connectivity index (χ3v) is 5.74. The largest absolute Gasteiger partial charge is 0.402 e. The van der Waals surface area contributed by atoms with E-state index in [1.165, 1.54) is 39.0 Å². The maximum absolute atomic E-state index is 5.63. The first-order valence-electron chi connectivity index (χ1n) is 11.9. The molecule has 34 heavy (non-hydrogen) atoms. The van der Waals surface area contributed by atoms with Crippen LogP contribution in [0, 0.1) is 33.6 Å². The highest BCUT2D eigenvalue weighted by Gasteiger charge is 2.07. The second kappa shape index (κ2) is 15.4. The molecule has 0 radical (unpaired) electrons. The van der Waals surface area contributed by atoms with Gasteiger partial charge in [0.1, 0.15) is 0 Å². The molecule has 0 amide bonds. The quantitative estimate of drug-likeness (QED) is 0.295. The summed E-state index contributed by atoms with van der Waals surface area (Å²) in [4.78, 5) is 0. The first-order valence-corrected chi connectivity index (χ1v) is 11.9. The standard InChI is InChI=1S/C16H18.C15H21N.C2H2/c1-12-4-8-15(9-5-12)14(3)16-10-6-13(2)7-11-16;1-4-14(10-7-13(3)16)11-15-8-5-12(2)6-9-15;1-2/h4-11,14H,1-3H3;5-10H,4,11,16H2,1-3H3;1-2H/b;13-7+,14-10+;. The molecule has 0 aliphatic carbocycles. The van der Waals surface area contributed by atoms with Gasteiger partial charge in [-0.3, -0.25) is 0 Å². The molecule has 0 atom stereocenters. The Bertz CT molecular complexity index is 997. The van der Waals surface area contributed by atoms with E-state index >= 15 is 0 Å². The van der Waals surface area contributed by atoms with Crippen LogP contribution in [-0.4, -0.2) is 0 Å². The van der Waals surface area contributed by atoms with Gasteiger partial charge < -0.3 is 5.73 Å². The molecular formula is C33H41N. The molecule has 0 unspecified atom stereocenters. The molecule has 0 bridgehead atoms. The molecule has 0 aliphatic rings. The zero-order valence-electron chi connectivity index (χ0n) is 21.8. The van der Waals surface area contributed by atoms with Crippen molar-refractivity contribution in [1.29, 1.82) is 0 Å². The molecule has 0 spiro atoms. The van der Waals surface area contributed by atoms with Gasteiger partial charge in [-0.05, 0) is 63.3 Å². The molecule has 0 aromatic heterocycles. The monoisotopic (exact) mass is 451 g/mol. The summed E-state index contributed by atoms with van der Waals surface area (Å²) in [6.45, 7) is 12.7. The number of terminal acetylenes is 1. The van der Waals surface area contributed by atoms with Crippen molar-refractivity contribution >= 4 is 0 Å². The fourth-order valence-corrected chi connectivity index (χ4v) is 3.42. The molecule has 178 valence electrons. The van der Waals surface area contributed by atoms with Crippen molar-refractivity contribution < 1.29 is 0 Å². The molecule has 1 nitrogen and oxygen atoms in total. The van der Waals surface area contributed by atoms with Crippen molar-refractivity contribution in [2.24, 2.45) is 5.73 Å². The molecule has 1 heteroatoms. The lowest BCUT2D eigenvalue weighted by atomic mass is 9.92. The summed E-state index contributed by atoms with van der Waals surface area (Å²) in [5.41, 5.74) is 16.0. The van der Waals surface area contributed by atoms with Gasteiger partial charge in [-0.15, -0.1) is 12.8 Å². The third-order valence-electron chi connectivity index (χ3n) is 5.74. The van der Waals surface area contributed by atoms with E-state index in [0.717, 1.165) is 18.5 Å². The fraction of sp³-hybridized carbons (Fsp3) is 0.273. The van der Waals surface area contributed by atoms with Gasteiger partial charge in [0, 0.05) is 11.6 Å². The maximum Gasteiger partial charge on any atom is 0.00610 e. The van der Waals surface area contributed by atoms with Crippen molar-refractivity contribution in [3.63, 3.8) is 0 Å². The number of rotatable bonds is 6. The number of benzene rings is 3. The van der Waals surface area contributed by atoms with Crippen LogP contribution in [0.2, 0.25) is 0 Å². The highest BCUT2D eigenvalue weighted by Crippen LogP contribution is 2.24. The Hall–Kier alpha value is -3.50. The van der Waals surface area contributed by atoms with Crippen molar-refractivity contribution in [3.8, 4) is 12.8 Å². The van der Waals surface area contributed by atoms with E-state index in [1.807, 2.05) is 13.0 Å². The maximum atomic E-state index is 5.63. The SMILES string of the molecule is C#C.CC/C(=C\C=C(/C)N)Cc1ccc(C)cc1.Cc1ccc(C(C)c2ccc(C)cc2)cc1. The smallest absolute Gasteiger partial charge is 0.00610 e. The summed E-state index contributed by atoms with van der Waals surface area (Å²) in [5.74, 6) is 0.473. The molecule has 3 aromatic carbocycles. The van der Waals surface area contributed by atoms with E-state index in [2.05, 4.69) is 126 Å². The van der Waals surface area contributed by atoms with Crippen molar-refractivity contribution in [3.05, 3.63) is 130 Å². The third kappa shape index (κ3) is 10.4. The Kier molecular flexibility index (Phi) is 12.9. The van der Waals surface area contributed by atoms with Crippen LogP contribution in [0.3, 0.4) is 0 Å². The second-order valence-electron chi connectivity index (χ2n) is 8.79. The molecular weight excluding hydrogens is 410 g/mol. The topological polar surface area (TPSA) is 26.0 Å². The second-order valence-corrected chi connectivity index (χ2v) is 8.79. The van der Waals surface area contributed by atoms with E-state index in [0.29, 0.717) is 5.92 Å². The van der Waals surface area contributed by atoms with E-state index < -0.39 is 0 Å². The van der Waals surface area contributed by atoms with Crippen molar-refractivity contribution in [2.45, 2.75) is 60.3 Å². The summed E-state index contributed by atoms with van der Waals surface area (Å²) < 4.78 is 0. The average Bonchev–Trinajstić information content (AvgIpc) is 2.85. The van der Waals surface area contributed by atoms with Crippen LogP contribution < -0.4 is 5.73 Å². The Balaban J connectivity index is 0.000000317. The van der Waals surface area contributed by atoms with Crippen molar-refractivity contribution in [1.82, 2.24) is 0 Å². The number of allylic oxidation sites excluding steroid dienone is 4. The van der Waals surface area contributed by atoms with Gasteiger partial charge in [0.05, 0.1) is 0 Å². The summed E-state index contributed by atoms with van der Waals surface area (Å²) in [6.07, 6.45) is 14.2. The zero-order chi connectivity index (χ0) is 25.5. The van der Waals surface area contributed by atoms with Crippen LogP contribution in [0.5, 0.6) is 0 Å². The number of hydrogen-bond acceptors (Lipinski definition) is 1. The highest BCUT2D eigenvalue weighted by molar-refractivity contribution is 5.34. The lowest BCUT2D eigenvalue weighted by molar-refractivity contribution is 0.920. The molecule has 0 saturated carbocycles. The summed E-state index contributed by atoms with van der Waals surface area (Å²) >= 11 is 0. The van der Waals surface area contributed by atoms with Gasteiger partial charge in [0.2, 0.25) is 0 Å². The summed E-state index contributed by atoms with van der Waals surface area (Å²) in [5, 5.41) is 0. The van der Waals surface area contributed by atoms with Gasteiger partial charge in [-0.2, -0.15) is 0 Å². The van der Waals surface area contributed by atoms with Gasteiger partial charge in [0.15, 0.2) is 0 Å². The predicted octanol–water partition coefficient (Wildman–Crippen LogP) is 8.44. The zero-order valence-corrected chi connectivity index (χ0v) is 21.8. The number of aryl methyl sites for hydroxylation is 3. The Morgan fingerprint density at radius 1 is 0.735 bits per heavy atom. The molecule has 3 rings (SSSR count). The fourth-order valence-electron chi connectivity index (χ4n) is 3.42. The predicted molar refractivity (Wildman–Crippen MR) is 151 cm³/mol. The minimum absolute atomic E-state index is 0.473. The van der Waals surface area contributed by atoms with E-state index in [1.54, 1.807) is 0 Å². The molecule has 3 aromatic rings. The van der Waals surface area contributed by atoms with Crippen LogP contribution >= 0.6 is 0 Å². The minimum Gasteiger partial charge on any atom is -0.402 e. The Morgan fingerprint density at radius 3 is 1.47 bits per heavy atom. The van der Waals surface area contributed by atoms with Crippen LogP contribution in [0.25, 0.3) is 0 Å². The Labute approximate surface area is 208 Å². The first kappa shape index (κ1) is 28.5. The van der Waals surface area contributed by atoms with E-state index in [4.69, 9.17) is 5.73 Å². The molecule has 0 heterocycles. The molecule has 0 fully saturated rings. The van der Waals surface area contributed by atoms with Gasteiger partial charge in [0.25, 0.3) is 0 Å².